The lowest BCUT2D eigenvalue weighted by Gasteiger charge is -2.23. The fraction of sp³-hybridized carbons (Fsp3) is 0.633. The summed E-state index contributed by atoms with van der Waals surface area (Å²) in [5.74, 6) is -0.676. The van der Waals surface area contributed by atoms with Gasteiger partial charge in [-0.25, -0.2) is 0 Å². The van der Waals surface area contributed by atoms with Crippen LogP contribution in [0, 0.1) is 0 Å². The van der Waals surface area contributed by atoms with Gasteiger partial charge >= 0.3 is 5.97 Å². The van der Waals surface area contributed by atoms with Crippen molar-refractivity contribution in [2.24, 2.45) is 0 Å². The number of aliphatic hydroxyl groups is 2. The molecule has 3 unspecified atom stereocenters. The molecule has 3 N–H and O–H groups in total. The molecule has 0 spiro atoms. The predicted octanol–water partition coefficient (Wildman–Crippen LogP) is 16.5. The van der Waals surface area contributed by atoms with Gasteiger partial charge in [-0.1, -0.05) is 233 Å². The summed E-state index contributed by atoms with van der Waals surface area (Å²) in [5.41, 5.74) is 0. The van der Waals surface area contributed by atoms with E-state index in [-0.39, 0.29) is 24.9 Å². The van der Waals surface area contributed by atoms with E-state index in [1.807, 2.05) is 6.08 Å². The van der Waals surface area contributed by atoms with Crippen LogP contribution in [-0.4, -0.2) is 46.9 Å². The zero-order chi connectivity index (χ0) is 48.1. The van der Waals surface area contributed by atoms with Gasteiger partial charge in [0, 0.05) is 6.42 Å². The van der Waals surface area contributed by atoms with E-state index in [4.69, 9.17) is 4.74 Å². The van der Waals surface area contributed by atoms with Crippen molar-refractivity contribution in [2.75, 3.05) is 6.61 Å². The molecule has 0 radical (unpaired) electrons. The number of hydrogen-bond donors (Lipinski definition) is 3. The molecule has 0 aromatic rings. The molecule has 66 heavy (non-hydrogen) atoms. The number of allylic oxidation sites excluding steroid dienone is 19. The van der Waals surface area contributed by atoms with Gasteiger partial charge in [0.2, 0.25) is 5.91 Å². The molecule has 0 aliphatic carbocycles. The van der Waals surface area contributed by atoms with Crippen molar-refractivity contribution in [3.05, 3.63) is 122 Å². The molecule has 0 aromatic heterocycles. The van der Waals surface area contributed by atoms with Crippen LogP contribution in [0.5, 0.6) is 0 Å². The van der Waals surface area contributed by atoms with E-state index in [1.165, 1.54) is 70.6 Å². The van der Waals surface area contributed by atoms with E-state index in [2.05, 4.69) is 135 Å². The van der Waals surface area contributed by atoms with Gasteiger partial charge < -0.3 is 20.3 Å². The second-order valence-corrected chi connectivity index (χ2v) is 17.5. The Labute approximate surface area is 406 Å². The summed E-state index contributed by atoms with van der Waals surface area (Å²) in [6.07, 6.45) is 72.9. The van der Waals surface area contributed by atoms with Crippen molar-refractivity contribution in [3.63, 3.8) is 0 Å². The predicted molar refractivity (Wildman–Crippen MR) is 286 cm³/mol. The third-order valence-electron chi connectivity index (χ3n) is 11.3. The Morgan fingerprint density at radius 2 is 0.848 bits per heavy atom. The maximum Gasteiger partial charge on any atom is 0.306 e. The van der Waals surface area contributed by atoms with Crippen molar-refractivity contribution in [3.8, 4) is 0 Å². The van der Waals surface area contributed by atoms with Crippen molar-refractivity contribution in [1.82, 2.24) is 5.32 Å². The summed E-state index contributed by atoms with van der Waals surface area (Å²) in [4.78, 5) is 26.1. The monoisotopic (exact) mass is 914 g/mol. The first kappa shape index (κ1) is 62.3. The van der Waals surface area contributed by atoms with Crippen LogP contribution in [0.15, 0.2) is 122 Å². The summed E-state index contributed by atoms with van der Waals surface area (Å²) in [6.45, 7) is 6.20. The highest BCUT2D eigenvalue weighted by atomic mass is 16.5. The molecule has 6 heteroatoms. The van der Waals surface area contributed by atoms with Crippen LogP contribution in [0.1, 0.15) is 220 Å². The third kappa shape index (κ3) is 46.8. The van der Waals surface area contributed by atoms with Crippen molar-refractivity contribution < 1.29 is 24.5 Å². The van der Waals surface area contributed by atoms with Crippen LogP contribution in [0.3, 0.4) is 0 Å². The second kappa shape index (κ2) is 52.2. The van der Waals surface area contributed by atoms with Crippen LogP contribution in [-0.2, 0) is 14.3 Å². The Morgan fingerprint density at radius 1 is 0.470 bits per heavy atom. The maximum atomic E-state index is 13.2. The van der Waals surface area contributed by atoms with E-state index >= 15 is 0 Å². The van der Waals surface area contributed by atoms with E-state index in [0.717, 1.165) is 103 Å². The SMILES string of the molecule is CC/C=C\C/C=C\C/C=C\C/C=C\C/C=C\CCCCCC(=O)OC(/C=C/C/C=C/C/C=C/C/C=C/C/C=C/CC)CC(=O)NC(CO)C(O)CCCCCCCCCCCCCCCC. The number of esters is 1. The second-order valence-electron chi connectivity index (χ2n) is 17.5. The minimum Gasteiger partial charge on any atom is -0.458 e. The molecule has 0 fully saturated rings. The quantitative estimate of drug-likeness (QED) is 0.0321. The number of hydrogen-bond acceptors (Lipinski definition) is 5. The molecular formula is C60H99NO5. The van der Waals surface area contributed by atoms with Gasteiger partial charge in [-0.15, -0.1) is 0 Å². The van der Waals surface area contributed by atoms with Gasteiger partial charge in [-0.05, 0) is 96.0 Å². The molecule has 0 aromatic carbocycles. The largest absolute Gasteiger partial charge is 0.458 e. The number of amides is 1. The van der Waals surface area contributed by atoms with Gasteiger partial charge in [0.1, 0.15) is 6.10 Å². The molecule has 3 atom stereocenters. The molecule has 1 amide bonds. The maximum absolute atomic E-state index is 13.2. The molecule has 0 aliphatic heterocycles. The lowest BCUT2D eigenvalue weighted by atomic mass is 10.0. The van der Waals surface area contributed by atoms with Crippen LogP contribution < -0.4 is 5.32 Å². The first-order valence-corrected chi connectivity index (χ1v) is 26.8. The highest BCUT2D eigenvalue weighted by Crippen LogP contribution is 2.15. The lowest BCUT2D eigenvalue weighted by molar-refractivity contribution is -0.148. The molecule has 0 rings (SSSR count). The Kier molecular flexibility index (Phi) is 49.3. The smallest absolute Gasteiger partial charge is 0.306 e. The zero-order valence-corrected chi connectivity index (χ0v) is 42.5. The molecule has 374 valence electrons. The third-order valence-corrected chi connectivity index (χ3v) is 11.3. The fourth-order valence-electron chi connectivity index (χ4n) is 7.30. The van der Waals surface area contributed by atoms with Gasteiger partial charge in [0.25, 0.3) is 0 Å². The Balaban J connectivity index is 4.77. The fourth-order valence-corrected chi connectivity index (χ4v) is 7.30. The van der Waals surface area contributed by atoms with Gasteiger partial charge in [0.05, 0.1) is 25.2 Å². The van der Waals surface area contributed by atoms with Crippen molar-refractivity contribution in [1.29, 1.82) is 0 Å². The first-order chi connectivity index (χ1) is 32.5. The normalized spacial score (nSPS) is 14.2. The number of unbranched alkanes of at least 4 members (excludes halogenated alkanes) is 16. The van der Waals surface area contributed by atoms with Gasteiger partial charge in [-0.2, -0.15) is 0 Å². The molecule has 0 saturated carbocycles. The van der Waals surface area contributed by atoms with Crippen LogP contribution in [0.2, 0.25) is 0 Å². The Morgan fingerprint density at radius 3 is 1.27 bits per heavy atom. The number of nitrogens with one attached hydrogen (secondary N) is 1. The van der Waals surface area contributed by atoms with E-state index in [0.29, 0.717) is 19.3 Å². The van der Waals surface area contributed by atoms with E-state index in [9.17, 15) is 19.8 Å². The minimum absolute atomic E-state index is 0.0669. The number of carbonyl (C=O) groups is 2. The topological polar surface area (TPSA) is 95.9 Å². The standard InChI is InChI=1S/C60H99NO5/c1-4-7-10-13-16-19-22-25-28-29-30-31-32-35-38-41-44-47-50-53-60(65)66-56(51-48-45-42-39-36-33-26-23-20-17-14-11-8-5-2)54-59(64)61-57(55-62)58(63)52-49-46-43-40-37-34-27-24-21-18-15-12-9-6-3/h7-8,10-11,16-17,19-20,25-26,28,30-31,33,35,38-39,42,48,51,56-58,62-63H,4-6,9,12-15,18,21-24,27,29,32,34,36-37,40-41,43-47,49-50,52-55H2,1-3H3,(H,61,64)/b10-7-,11-8+,19-16-,20-17+,28-25-,31-30-,33-26+,38-35-,42-39+,51-48+. The highest BCUT2D eigenvalue weighted by Gasteiger charge is 2.23. The zero-order valence-electron chi connectivity index (χ0n) is 42.5. The Bertz CT molecular complexity index is 1390. The molecular weight excluding hydrogens is 815 g/mol. The molecule has 0 bridgehead atoms. The van der Waals surface area contributed by atoms with Crippen molar-refractivity contribution >= 4 is 11.9 Å². The van der Waals surface area contributed by atoms with E-state index in [1.54, 1.807) is 6.08 Å². The lowest BCUT2D eigenvalue weighted by Crippen LogP contribution is -2.46. The molecule has 0 saturated heterocycles. The van der Waals surface area contributed by atoms with Gasteiger partial charge in [0.15, 0.2) is 0 Å². The summed E-state index contributed by atoms with van der Waals surface area (Å²) >= 11 is 0. The summed E-state index contributed by atoms with van der Waals surface area (Å²) in [5, 5.41) is 23.7. The van der Waals surface area contributed by atoms with Crippen LogP contribution in [0.25, 0.3) is 0 Å². The van der Waals surface area contributed by atoms with Crippen LogP contribution in [0.4, 0.5) is 0 Å². The average Bonchev–Trinajstić information content (AvgIpc) is 3.31. The summed E-state index contributed by atoms with van der Waals surface area (Å²) < 4.78 is 5.81. The van der Waals surface area contributed by atoms with Gasteiger partial charge in [-0.3, -0.25) is 9.59 Å². The Hall–Kier alpha value is -3.74. The summed E-state index contributed by atoms with van der Waals surface area (Å²) in [7, 11) is 0. The van der Waals surface area contributed by atoms with Crippen molar-refractivity contribution in [2.45, 2.75) is 238 Å². The molecule has 0 aliphatic rings. The summed E-state index contributed by atoms with van der Waals surface area (Å²) in [6, 6.07) is -0.757. The number of rotatable bonds is 46. The number of carbonyl (C=O) groups excluding carboxylic acids is 2. The number of aliphatic hydroxyl groups excluding tert-OH is 2. The highest BCUT2D eigenvalue weighted by molar-refractivity contribution is 5.78. The average molecular weight is 914 g/mol. The molecule has 0 heterocycles. The van der Waals surface area contributed by atoms with Crippen LogP contribution >= 0.6 is 0 Å². The number of ether oxygens (including phenoxy) is 1. The minimum atomic E-state index is -0.833. The first-order valence-electron chi connectivity index (χ1n) is 26.8. The van der Waals surface area contributed by atoms with E-state index < -0.39 is 18.2 Å². The molecule has 6 nitrogen and oxygen atoms in total.